The Morgan fingerprint density at radius 3 is 2.69 bits per heavy atom. The molecule has 3 aromatic rings. The number of benzene rings is 1. The molecule has 2 heterocycles. The van der Waals surface area contributed by atoms with Gasteiger partial charge in [0.05, 0.1) is 11.3 Å². The van der Waals surface area contributed by atoms with Crippen LogP contribution < -0.4 is 10.6 Å². The fourth-order valence-corrected chi connectivity index (χ4v) is 2.99. The first-order valence-corrected chi connectivity index (χ1v) is 8.96. The molecule has 134 valence electrons. The Bertz CT molecular complexity index is 924. The monoisotopic (exact) mass is 414 g/mol. The smallest absolute Gasteiger partial charge is 0.252 e. The van der Waals surface area contributed by atoms with Gasteiger partial charge in [-0.3, -0.25) is 4.79 Å². The van der Waals surface area contributed by atoms with Crippen LogP contribution in [0.4, 0.5) is 5.82 Å². The molecular formula is C18H19BrN6O. The van der Waals surface area contributed by atoms with E-state index >= 15 is 0 Å². The second kappa shape index (κ2) is 8.09. The quantitative estimate of drug-likeness (QED) is 0.605. The molecule has 0 radical (unpaired) electrons. The van der Waals surface area contributed by atoms with Gasteiger partial charge in [0.1, 0.15) is 12.1 Å². The van der Waals surface area contributed by atoms with E-state index < -0.39 is 0 Å². The molecule has 0 saturated carbocycles. The maximum absolute atomic E-state index is 12.1. The minimum atomic E-state index is -0.120. The molecule has 0 saturated heterocycles. The van der Waals surface area contributed by atoms with E-state index in [0.717, 1.165) is 15.9 Å². The van der Waals surface area contributed by atoms with Crippen molar-refractivity contribution in [3.8, 4) is 5.82 Å². The van der Waals surface area contributed by atoms with Crippen molar-refractivity contribution in [1.29, 1.82) is 0 Å². The molecule has 0 aliphatic heterocycles. The van der Waals surface area contributed by atoms with Crippen LogP contribution in [0.1, 0.15) is 21.7 Å². The SMILES string of the molecule is Cc1cc(C)n(-c2cc(NCCNC(=O)c3ccccc3Br)ncn2)n1. The van der Waals surface area contributed by atoms with E-state index in [9.17, 15) is 4.79 Å². The van der Waals surface area contributed by atoms with Gasteiger partial charge in [-0.2, -0.15) is 5.10 Å². The number of halogens is 1. The maximum Gasteiger partial charge on any atom is 0.252 e. The summed E-state index contributed by atoms with van der Waals surface area (Å²) < 4.78 is 2.55. The molecule has 7 nitrogen and oxygen atoms in total. The highest BCUT2D eigenvalue weighted by atomic mass is 79.9. The number of carbonyl (C=O) groups is 1. The first kappa shape index (κ1) is 18.1. The Balaban J connectivity index is 1.56. The van der Waals surface area contributed by atoms with Crippen molar-refractivity contribution >= 4 is 27.7 Å². The molecule has 0 bridgehead atoms. The molecule has 0 atom stereocenters. The highest BCUT2D eigenvalue weighted by Crippen LogP contribution is 2.15. The summed E-state index contributed by atoms with van der Waals surface area (Å²) in [5.74, 6) is 1.26. The number of nitrogens with one attached hydrogen (secondary N) is 2. The van der Waals surface area contributed by atoms with E-state index in [-0.39, 0.29) is 5.91 Å². The summed E-state index contributed by atoms with van der Waals surface area (Å²) in [5.41, 5.74) is 2.56. The van der Waals surface area contributed by atoms with Crippen molar-refractivity contribution in [1.82, 2.24) is 25.1 Å². The number of rotatable bonds is 6. The molecule has 0 aliphatic rings. The summed E-state index contributed by atoms with van der Waals surface area (Å²) in [6, 6.07) is 11.1. The molecule has 0 unspecified atom stereocenters. The van der Waals surface area contributed by atoms with Crippen LogP contribution in [0.5, 0.6) is 0 Å². The van der Waals surface area contributed by atoms with Crippen molar-refractivity contribution in [3.05, 3.63) is 64.1 Å². The molecule has 2 aromatic heterocycles. The van der Waals surface area contributed by atoms with Crippen LogP contribution in [0.2, 0.25) is 0 Å². The highest BCUT2D eigenvalue weighted by molar-refractivity contribution is 9.10. The van der Waals surface area contributed by atoms with Crippen molar-refractivity contribution in [2.75, 3.05) is 18.4 Å². The summed E-state index contributed by atoms with van der Waals surface area (Å²) in [4.78, 5) is 20.6. The number of aromatic nitrogens is 4. The number of carbonyl (C=O) groups excluding carboxylic acids is 1. The normalized spacial score (nSPS) is 10.6. The van der Waals surface area contributed by atoms with Crippen molar-refractivity contribution in [2.24, 2.45) is 0 Å². The molecule has 0 aliphatic carbocycles. The number of nitrogens with zero attached hydrogens (tertiary/aromatic N) is 4. The largest absolute Gasteiger partial charge is 0.368 e. The Kier molecular flexibility index (Phi) is 5.62. The van der Waals surface area contributed by atoms with E-state index in [0.29, 0.717) is 30.3 Å². The molecule has 1 amide bonds. The van der Waals surface area contributed by atoms with Gasteiger partial charge in [0, 0.05) is 29.3 Å². The Morgan fingerprint density at radius 1 is 1.15 bits per heavy atom. The van der Waals surface area contributed by atoms with Crippen molar-refractivity contribution < 1.29 is 4.79 Å². The van der Waals surface area contributed by atoms with E-state index in [4.69, 9.17) is 0 Å². The van der Waals surface area contributed by atoms with E-state index in [1.165, 1.54) is 6.33 Å². The molecule has 1 aromatic carbocycles. The number of aryl methyl sites for hydroxylation is 2. The number of hydrogen-bond acceptors (Lipinski definition) is 5. The second-order valence-electron chi connectivity index (χ2n) is 5.76. The predicted octanol–water partition coefficient (Wildman–Crippen LogP) is 2.88. The lowest BCUT2D eigenvalue weighted by molar-refractivity contribution is 0.0954. The Hall–Kier alpha value is -2.74. The maximum atomic E-state index is 12.1. The van der Waals surface area contributed by atoms with Crippen LogP contribution >= 0.6 is 15.9 Å². The molecule has 3 rings (SSSR count). The first-order valence-electron chi connectivity index (χ1n) is 8.17. The average Bonchev–Trinajstić information content (AvgIpc) is 2.97. The van der Waals surface area contributed by atoms with Crippen LogP contribution in [0, 0.1) is 13.8 Å². The molecule has 26 heavy (non-hydrogen) atoms. The fraction of sp³-hybridized carbons (Fsp3) is 0.222. The molecular weight excluding hydrogens is 396 g/mol. The number of anilines is 1. The lowest BCUT2D eigenvalue weighted by Crippen LogP contribution is -2.29. The Labute approximate surface area is 160 Å². The predicted molar refractivity (Wildman–Crippen MR) is 104 cm³/mol. The molecule has 0 fully saturated rings. The van der Waals surface area contributed by atoms with Gasteiger partial charge in [-0.1, -0.05) is 12.1 Å². The van der Waals surface area contributed by atoms with Crippen molar-refractivity contribution in [2.45, 2.75) is 13.8 Å². The van der Waals surface area contributed by atoms with E-state index in [1.54, 1.807) is 10.7 Å². The van der Waals surface area contributed by atoms with Gasteiger partial charge in [0.15, 0.2) is 5.82 Å². The van der Waals surface area contributed by atoms with Crippen LogP contribution in [-0.4, -0.2) is 38.7 Å². The third-order valence-electron chi connectivity index (χ3n) is 3.71. The molecule has 8 heteroatoms. The van der Waals surface area contributed by atoms with Gasteiger partial charge < -0.3 is 10.6 Å². The topological polar surface area (TPSA) is 84.7 Å². The first-order chi connectivity index (χ1) is 12.5. The second-order valence-corrected chi connectivity index (χ2v) is 6.62. The Morgan fingerprint density at radius 2 is 1.96 bits per heavy atom. The zero-order valence-corrected chi connectivity index (χ0v) is 16.1. The van der Waals surface area contributed by atoms with Crippen LogP contribution in [0.3, 0.4) is 0 Å². The lowest BCUT2D eigenvalue weighted by Gasteiger charge is -2.09. The van der Waals surface area contributed by atoms with Gasteiger partial charge in [-0.15, -0.1) is 0 Å². The van der Waals surface area contributed by atoms with Gasteiger partial charge >= 0.3 is 0 Å². The summed E-state index contributed by atoms with van der Waals surface area (Å²) >= 11 is 3.38. The lowest BCUT2D eigenvalue weighted by atomic mass is 10.2. The summed E-state index contributed by atoms with van der Waals surface area (Å²) in [7, 11) is 0. The van der Waals surface area contributed by atoms with E-state index in [1.807, 2.05) is 44.2 Å². The minimum Gasteiger partial charge on any atom is -0.368 e. The van der Waals surface area contributed by atoms with Gasteiger partial charge in [-0.05, 0) is 48.0 Å². The fourth-order valence-electron chi connectivity index (χ4n) is 2.53. The third-order valence-corrected chi connectivity index (χ3v) is 4.41. The zero-order valence-electron chi connectivity index (χ0n) is 14.5. The highest BCUT2D eigenvalue weighted by Gasteiger charge is 2.09. The molecule has 2 N–H and O–H groups in total. The number of hydrogen-bond donors (Lipinski definition) is 2. The summed E-state index contributed by atoms with van der Waals surface area (Å²) in [6.07, 6.45) is 1.49. The average molecular weight is 415 g/mol. The van der Waals surface area contributed by atoms with Crippen molar-refractivity contribution in [3.63, 3.8) is 0 Å². The summed E-state index contributed by atoms with van der Waals surface area (Å²) in [5, 5.41) is 10.5. The summed E-state index contributed by atoms with van der Waals surface area (Å²) in [6.45, 7) is 4.94. The van der Waals surface area contributed by atoms with Crippen LogP contribution in [0.25, 0.3) is 5.82 Å². The van der Waals surface area contributed by atoms with Crippen LogP contribution in [0.15, 0.2) is 47.2 Å². The zero-order chi connectivity index (χ0) is 18.5. The third kappa shape index (κ3) is 4.26. The van der Waals surface area contributed by atoms with Gasteiger partial charge in [0.2, 0.25) is 0 Å². The standard InChI is InChI=1S/C18H19BrN6O/c1-12-9-13(2)25(24-12)17-10-16(22-11-23-17)20-7-8-21-18(26)14-5-3-4-6-15(14)19/h3-6,9-11H,7-8H2,1-2H3,(H,21,26)(H,20,22,23). The minimum absolute atomic E-state index is 0.120. The van der Waals surface area contributed by atoms with E-state index in [2.05, 4.69) is 41.6 Å². The number of amides is 1. The van der Waals surface area contributed by atoms with Gasteiger partial charge in [-0.25, -0.2) is 14.6 Å². The van der Waals surface area contributed by atoms with Gasteiger partial charge in [0.25, 0.3) is 5.91 Å². The molecule has 0 spiro atoms. The van der Waals surface area contributed by atoms with Crippen LogP contribution in [-0.2, 0) is 0 Å².